The van der Waals surface area contributed by atoms with Crippen molar-refractivity contribution in [3.63, 3.8) is 0 Å². The molecule has 0 radical (unpaired) electrons. The first-order valence-electron chi connectivity index (χ1n) is 10.3. The van der Waals surface area contributed by atoms with Gasteiger partial charge in [-0.2, -0.15) is 0 Å². The minimum absolute atomic E-state index is 0.355. The van der Waals surface area contributed by atoms with Crippen LogP contribution in [0.3, 0.4) is 0 Å². The number of nitrogens with zero attached hydrogens (tertiary/aromatic N) is 1. The van der Waals surface area contributed by atoms with Crippen molar-refractivity contribution in [2.45, 2.75) is 20.5 Å². The predicted octanol–water partition coefficient (Wildman–Crippen LogP) is 6.62. The molecular weight excluding hydrogens is 479 g/mol. The lowest BCUT2D eigenvalue weighted by molar-refractivity contribution is -0.229. The maximum absolute atomic E-state index is 13.1. The lowest BCUT2D eigenvalue weighted by Crippen LogP contribution is -2.17. The van der Waals surface area contributed by atoms with E-state index in [0.717, 1.165) is 12.5 Å². The second-order valence-electron chi connectivity index (χ2n) is 7.48. The Morgan fingerprint density at radius 3 is 2.32 bits per heavy atom. The first kappa shape index (κ1) is 23.6. The summed E-state index contributed by atoms with van der Waals surface area (Å²) < 4.78 is 1.27. The van der Waals surface area contributed by atoms with E-state index >= 15 is 0 Å². The Labute approximate surface area is 205 Å². The molecule has 9 heteroatoms. The van der Waals surface area contributed by atoms with Gasteiger partial charge in [-0.1, -0.05) is 59.6 Å². The van der Waals surface area contributed by atoms with Gasteiger partial charge in [0.2, 0.25) is 0 Å². The van der Waals surface area contributed by atoms with E-state index in [1.807, 2.05) is 19.1 Å². The van der Waals surface area contributed by atoms with E-state index < -0.39 is 12.1 Å². The van der Waals surface area contributed by atoms with Gasteiger partial charge < -0.3 is 10.4 Å². The molecule has 34 heavy (non-hydrogen) atoms. The molecular formula is C25H20Cl2N2O5. The quantitative estimate of drug-likeness (QED) is 0.242. The van der Waals surface area contributed by atoms with Crippen molar-refractivity contribution in [3.05, 3.63) is 81.8 Å². The largest absolute Gasteiger partial charge is 0.461 e. The van der Waals surface area contributed by atoms with Crippen molar-refractivity contribution in [1.29, 1.82) is 0 Å². The first-order chi connectivity index (χ1) is 16.3. The molecule has 0 aliphatic heterocycles. The van der Waals surface area contributed by atoms with E-state index in [2.05, 4.69) is 10.2 Å². The minimum Gasteiger partial charge on any atom is -0.392 e. The number of carbonyl (C=O) groups is 2. The van der Waals surface area contributed by atoms with Gasteiger partial charge in [-0.05, 0) is 36.8 Å². The second kappa shape index (κ2) is 9.77. The maximum Gasteiger partial charge on any atom is 0.461 e. The SMILES string of the molecule is CC(=O)OOC(=O)n1c(-c2ccccc2Nc2c(Cl)cccc2Cl)c(CO)c2c(C)cccc21. The number of hydrogen-bond donors (Lipinski definition) is 2. The van der Waals surface area contributed by atoms with E-state index in [1.54, 1.807) is 48.5 Å². The number of halogens is 2. The van der Waals surface area contributed by atoms with Crippen LogP contribution in [0.5, 0.6) is 0 Å². The third kappa shape index (κ3) is 4.33. The summed E-state index contributed by atoms with van der Waals surface area (Å²) in [5.41, 5.74) is 3.85. The molecule has 4 aromatic rings. The molecule has 2 N–H and O–H groups in total. The van der Waals surface area contributed by atoms with Crippen molar-refractivity contribution >= 4 is 57.5 Å². The Kier molecular flexibility index (Phi) is 6.79. The molecule has 1 aromatic heterocycles. The van der Waals surface area contributed by atoms with Crippen molar-refractivity contribution in [2.75, 3.05) is 5.32 Å². The minimum atomic E-state index is -0.939. The number of fused-ring (bicyclic) bond motifs is 1. The number of rotatable bonds is 4. The van der Waals surface area contributed by atoms with Crippen LogP contribution in [0.4, 0.5) is 16.2 Å². The number of benzene rings is 3. The fourth-order valence-electron chi connectivity index (χ4n) is 3.91. The summed E-state index contributed by atoms with van der Waals surface area (Å²) >= 11 is 12.7. The number of carbonyl (C=O) groups excluding carboxylic acids is 2. The van der Waals surface area contributed by atoms with Crippen LogP contribution < -0.4 is 5.32 Å². The molecule has 0 aliphatic rings. The number of anilines is 2. The standard InChI is InChI=1S/C25H20Cl2N2O5/c1-14-7-5-12-21-22(14)17(13-30)24(29(21)25(32)34-33-15(2)31)16-8-3-4-11-20(16)28-23-18(26)9-6-10-19(23)27/h3-12,28,30H,13H2,1-2H3. The van der Waals surface area contributed by atoms with E-state index in [4.69, 9.17) is 28.1 Å². The molecule has 174 valence electrons. The number of aromatic nitrogens is 1. The van der Waals surface area contributed by atoms with Crippen LogP contribution >= 0.6 is 23.2 Å². The Balaban J connectivity index is 1.98. The summed E-state index contributed by atoms with van der Waals surface area (Å²) in [4.78, 5) is 33.6. The van der Waals surface area contributed by atoms with E-state index in [9.17, 15) is 14.7 Å². The lowest BCUT2D eigenvalue weighted by atomic mass is 10.0. The van der Waals surface area contributed by atoms with Gasteiger partial charge in [0.1, 0.15) is 0 Å². The fourth-order valence-corrected chi connectivity index (χ4v) is 4.41. The van der Waals surface area contributed by atoms with Gasteiger partial charge in [-0.3, -0.25) is 0 Å². The molecule has 0 saturated carbocycles. The van der Waals surface area contributed by atoms with E-state index in [1.165, 1.54) is 4.57 Å². The van der Waals surface area contributed by atoms with Crippen molar-refractivity contribution < 1.29 is 24.5 Å². The second-order valence-corrected chi connectivity index (χ2v) is 8.30. The van der Waals surface area contributed by atoms with Crippen LogP contribution in [0.15, 0.2) is 60.7 Å². The van der Waals surface area contributed by atoms with Crippen molar-refractivity contribution in [1.82, 2.24) is 4.57 Å². The van der Waals surface area contributed by atoms with Crippen LogP contribution in [0, 0.1) is 6.92 Å². The van der Waals surface area contributed by atoms with Gasteiger partial charge in [0.15, 0.2) is 0 Å². The topological polar surface area (TPSA) is 89.8 Å². The van der Waals surface area contributed by atoms with Crippen LogP contribution in [-0.4, -0.2) is 21.7 Å². The number of para-hydroxylation sites is 2. The summed E-state index contributed by atoms with van der Waals surface area (Å²) in [6.45, 7) is 2.64. The summed E-state index contributed by atoms with van der Waals surface area (Å²) in [6, 6.07) is 17.7. The third-order valence-electron chi connectivity index (χ3n) is 5.28. The summed E-state index contributed by atoms with van der Waals surface area (Å²) in [7, 11) is 0. The van der Waals surface area contributed by atoms with Crippen LogP contribution in [0.1, 0.15) is 18.1 Å². The smallest absolute Gasteiger partial charge is 0.392 e. The van der Waals surface area contributed by atoms with Crippen LogP contribution in [-0.2, 0) is 21.2 Å². The fraction of sp³-hybridized carbons (Fsp3) is 0.120. The van der Waals surface area contributed by atoms with Crippen molar-refractivity contribution in [2.24, 2.45) is 0 Å². The Morgan fingerprint density at radius 1 is 0.971 bits per heavy atom. The molecule has 1 heterocycles. The normalized spacial score (nSPS) is 10.9. The van der Waals surface area contributed by atoms with E-state index in [-0.39, 0.29) is 6.61 Å². The number of aliphatic hydroxyl groups excluding tert-OH is 1. The zero-order chi connectivity index (χ0) is 24.4. The maximum atomic E-state index is 13.1. The number of aliphatic hydroxyl groups is 1. The summed E-state index contributed by atoms with van der Waals surface area (Å²) in [5.74, 6) is -0.777. The highest BCUT2D eigenvalue weighted by atomic mass is 35.5. The molecule has 0 unspecified atom stereocenters. The first-order valence-corrected chi connectivity index (χ1v) is 11.0. The lowest BCUT2D eigenvalue weighted by Gasteiger charge is -2.16. The molecule has 0 aliphatic carbocycles. The van der Waals surface area contributed by atoms with Gasteiger partial charge in [0.05, 0.1) is 33.6 Å². The Morgan fingerprint density at radius 2 is 1.65 bits per heavy atom. The van der Waals surface area contributed by atoms with Gasteiger partial charge in [-0.25, -0.2) is 23.9 Å². The average Bonchev–Trinajstić information content (AvgIpc) is 3.15. The molecule has 4 rings (SSSR count). The molecule has 7 nitrogen and oxygen atoms in total. The third-order valence-corrected chi connectivity index (χ3v) is 5.91. The number of hydrogen-bond acceptors (Lipinski definition) is 6. The zero-order valence-corrected chi connectivity index (χ0v) is 19.8. The molecule has 3 aromatic carbocycles. The monoisotopic (exact) mass is 498 g/mol. The van der Waals surface area contributed by atoms with Gasteiger partial charge >= 0.3 is 12.1 Å². The highest BCUT2D eigenvalue weighted by Gasteiger charge is 2.27. The van der Waals surface area contributed by atoms with Gasteiger partial charge in [0.25, 0.3) is 0 Å². The molecule has 0 bridgehead atoms. The Bertz CT molecular complexity index is 1390. The highest BCUT2D eigenvalue weighted by molar-refractivity contribution is 6.39. The average molecular weight is 499 g/mol. The predicted molar refractivity (Wildman–Crippen MR) is 131 cm³/mol. The Hall–Kier alpha value is -3.52. The van der Waals surface area contributed by atoms with Gasteiger partial charge in [0, 0.05) is 29.1 Å². The van der Waals surface area contributed by atoms with Crippen molar-refractivity contribution in [3.8, 4) is 11.3 Å². The van der Waals surface area contributed by atoms with Gasteiger partial charge in [-0.15, -0.1) is 0 Å². The number of nitrogens with one attached hydrogen (secondary N) is 1. The molecule has 0 spiro atoms. The van der Waals surface area contributed by atoms with Crippen LogP contribution in [0.25, 0.3) is 22.2 Å². The molecule has 0 saturated heterocycles. The van der Waals surface area contributed by atoms with Crippen LogP contribution in [0.2, 0.25) is 10.0 Å². The number of aryl methyl sites for hydroxylation is 1. The zero-order valence-electron chi connectivity index (χ0n) is 18.3. The van der Waals surface area contributed by atoms with E-state index in [0.29, 0.717) is 49.1 Å². The summed E-state index contributed by atoms with van der Waals surface area (Å²) in [5, 5.41) is 15.1. The molecule has 0 fully saturated rings. The molecule has 0 atom stereocenters. The summed E-state index contributed by atoms with van der Waals surface area (Å²) in [6.07, 6.45) is -0.939. The highest BCUT2D eigenvalue weighted by Crippen LogP contribution is 2.41. The molecule has 0 amide bonds.